The Hall–Kier alpha value is -1.60. The molecule has 2 atom stereocenters. The maximum absolute atomic E-state index is 3.91. The van der Waals surface area contributed by atoms with E-state index in [-0.39, 0.29) is 0 Å². The lowest BCUT2D eigenvalue weighted by Gasteiger charge is -2.26. The van der Waals surface area contributed by atoms with Gasteiger partial charge in [0.2, 0.25) is 0 Å². The summed E-state index contributed by atoms with van der Waals surface area (Å²) in [4.78, 5) is 0. The molecule has 0 bridgehead atoms. The van der Waals surface area contributed by atoms with Crippen molar-refractivity contribution < 1.29 is 0 Å². The van der Waals surface area contributed by atoms with Crippen molar-refractivity contribution in [1.82, 2.24) is 5.32 Å². The van der Waals surface area contributed by atoms with Crippen molar-refractivity contribution in [1.29, 1.82) is 0 Å². The number of fused-ring (bicyclic) bond motifs is 2. The summed E-state index contributed by atoms with van der Waals surface area (Å²) in [6, 6.07) is 9.67. The van der Waals surface area contributed by atoms with Gasteiger partial charge in [0, 0.05) is 18.0 Å². The zero-order valence-corrected chi connectivity index (χ0v) is 12.9. The van der Waals surface area contributed by atoms with Gasteiger partial charge in [-0.2, -0.15) is 0 Å². The predicted octanol–water partition coefficient (Wildman–Crippen LogP) is 4.31. The SMILES string of the molecule is C=C/C(=C\C=C/C)CNC1CC12CCCc1ccccc12. The molecule has 1 fully saturated rings. The van der Waals surface area contributed by atoms with E-state index in [2.05, 4.69) is 54.4 Å². The molecule has 1 heteroatoms. The first-order chi connectivity index (χ1) is 10.3. The summed E-state index contributed by atoms with van der Waals surface area (Å²) in [5.41, 5.74) is 4.86. The summed E-state index contributed by atoms with van der Waals surface area (Å²) < 4.78 is 0. The summed E-state index contributed by atoms with van der Waals surface area (Å²) >= 11 is 0. The molecule has 21 heavy (non-hydrogen) atoms. The molecule has 0 saturated heterocycles. The zero-order valence-electron chi connectivity index (χ0n) is 12.9. The molecule has 1 saturated carbocycles. The lowest BCUT2D eigenvalue weighted by molar-refractivity contribution is 0.500. The second-order valence-electron chi connectivity index (χ2n) is 6.28. The molecule has 2 aliphatic rings. The number of aryl methyl sites for hydroxylation is 1. The van der Waals surface area contributed by atoms with Crippen molar-refractivity contribution in [2.45, 2.75) is 44.1 Å². The molecule has 1 aromatic rings. The average molecular weight is 279 g/mol. The van der Waals surface area contributed by atoms with Crippen LogP contribution in [0.15, 0.2) is 60.7 Å². The standard InChI is InChI=1S/C20H25N/c1-3-5-9-16(4-2)15-21-19-14-20(19)13-8-11-17-10-6-7-12-18(17)20/h3-7,9-10,12,19,21H,2,8,11,13-15H2,1H3/b5-3-,16-9+. The monoisotopic (exact) mass is 279 g/mol. The molecule has 2 aliphatic carbocycles. The van der Waals surface area contributed by atoms with Crippen LogP contribution < -0.4 is 5.32 Å². The Labute approximate surface area is 128 Å². The van der Waals surface area contributed by atoms with Gasteiger partial charge in [0.05, 0.1) is 0 Å². The highest BCUT2D eigenvalue weighted by atomic mass is 15.0. The van der Waals surface area contributed by atoms with Crippen LogP contribution in [0.1, 0.15) is 37.3 Å². The van der Waals surface area contributed by atoms with Gasteiger partial charge in [-0.25, -0.2) is 0 Å². The molecule has 1 spiro atoms. The smallest absolute Gasteiger partial charge is 0.0208 e. The van der Waals surface area contributed by atoms with Gasteiger partial charge in [0.1, 0.15) is 0 Å². The van der Waals surface area contributed by atoms with E-state index < -0.39 is 0 Å². The fourth-order valence-electron chi connectivity index (χ4n) is 3.76. The Bertz CT molecular complexity index is 581. The van der Waals surface area contributed by atoms with Crippen molar-refractivity contribution in [3.8, 4) is 0 Å². The maximum atomic E-state index is 3.91. The quantitative estimate of drug-likeness (QED) is 0.792. The molecule has 0 radical (unpaired) electrons. The Morgan fingerprint density at radius 2 is 2.29 bits per heavy atom. The van der Waals surface area contributed by atoms with E-state index in [4.69, 9.17) is 0 Å². The number of benzene rings is 1. The first-order valence-corrected chi connectivity index (χ1v) is 8.06. The van der Waals surface area contributed by atoms with Crippen LogP contribution in [0.25, 0.3) is 0 Å². The van der Waals surface area contributed by atoms with Crippen molar-refractivity contribution in [2.75, 3.05) is 6.54 Å². The number of rotatable bonds is 5. The van der Waals surface area contributed by atoms with Crippen molar-refractivity contribution in [2.24, 2.45) is 0 Å². The lowest BCUT2D eigenvalue weighted by atomic mass is 9.79. The molecule has 0 amide bonds. The van der Waals surface area contributed by atoms with E-state index in [0.29, 0.717) is 11.5 Å². The van der Waals surface area contributed by atoms with Crippen LogP contribution in [0.5, 0.6) is 0 Å². The third-order valence-electron chi connectivity index (χ3n) is 5.02. The van der Waals surface area contributed by atoms with E-state index in [9.17, 15) is 0 Å². The lowest BCUT2D eigenvalue weighted by Crippen LogP contribution is -2.29. The molecular weight excluding hydrogens is 254 g/mol. The molecule has 1 N–H and O–H groups in total. The van der Waals surface area contributed by atoms with E-state index in [1.165, 1.54) is 31.3 Å². The van der Waals surface area contributed by atoms with Gasteiger partial charge in [-0.05, 0) is 49.3 Å². The summed E-state index contributed by atoms with van der Waals surface area (Å²) in [5.74, 6) is 0. The van der Waals surface area contributed by atoms with Gasteiger partial charge < -0.3 is 5.32 Å². The summed E-state index contributed by atoms with van der Waals surface area (Å²) in [6.07, 6.45) is 13.4. The molecular formula is C20H25N. The number of nitrogens with one attached hydrogen (secondary N) is 1. The Balaban J connectivity index is 1.68. The van der Waals surface area contributed by atoms with Crippen LogP contribution in [0.4, 0.5) is 0 Å². The minimum absolute atomic E-state index is 0.418. The van der Waals surface area contributed by atoms with E-state index in [1.54, 1.807) is 11.1 Å². The van der Waals surface area contributed by atoms with Gasteiger partial charge in [0.15, 0.2) is 0 Å². The highest BCUT2D eigenvalue weighted by Gasteiger charge is 2.56. The van der Waals surface area contributed by atoms with Crippen LogP contribution in [-0.2, 0) is 11.8 Å². The first kappa shape index (κ1) is 14.3. The van der Waals surface area contributed by atoms with Gasteiger partial charge in [0.25, 0.3) is 0 Å². The van der Waals surface area contributed by atoms with Crippen LogP contribution in [0, 0.1) is 0 Å². The highest BCUT2D eigenvalue weighted by molar-refractivity contribution is 5.44. The predicted molar refractivity (Wildman–Crippen MR) is 90.6 cm³/mol. The van der Waals surface area contributed by atoms with Gasteiger partial charge in [-0.15, -0.1) is 0 Å². The van der Waals surface area contributed by atoms with E-state index in [1.807, 2.05) is 13.0 Å². The minimum Gasteiger partial charge on any atom is -0.309 e. The Kier molecular flexibility index (Phi) is 4.12. The zero-order chi connectivity index (χ0) is 14.7. The van der Waals surface area contributed by atoms with E-state index in [0.717, 1.165) is 6.54 Å². The second kappa shape index (κ2) is 6.03. The molecule has 3 rings (SSSR count). The van der Waals surface area contributed by atoms with Crippen LogP contribution in [0.2, 0.25) is 0 Å². The maximum Gasteiger partial charge on any atom is 0.0208 e. The molecule has 0 heterocycles. The fourth-order valence-corrected chi connectivity index (χ4v) is 3.76. The number of hydrogen-bond donors (Lipinski definition) is 1. The van der Waals surface area contributed by atoms with Gasteiger partial charge in [-0.1, -0.05) is 55.1 Å². The highest BCUT2D eigenvalue weighted by Crippen LogP contribution is 2.55. The first-order valence-electron chi connectivity index (χ1n) is 8.06. The van der Waals surface area contributed by atoms with E-state index >= 15 is 0 Å². The number of allylic oxidation sites excluding steroid dienone is 3. The molecule has 1 nitrogen and oxygen atoms in total. The Morgan fingerprint density at radius 3 is 3.10 bits per heavy atom. The van der Waals surface area contributed by atoms with Gasteiger partial charge in [-0.3, -0.25) is 0 Å². The fraction of sp³-hybridized carbons (Fsp3) is 0.400. The van der Waals surface area contributed by atoms with Crippen molar-refractivity contribution in [3.05, 3.63) is 71.8 Å². The second-order valence-corrected chi connectivity index (χ2v) is 6.28. The molecule has 0 aromatic heterocycles. The normalized spacial score (nSPS) is 27.9. The van der Waals surface area contributed by atoms with Crippen molar-refractivity contribution >= 4 is 0 Å². The van der Waals surface area contributed by atoms with Crippen LogP contribution >= 0.6 is 0 Å². The molecule has 2 unspecified atom stereocenters. The van der Waals surface area contributed by atoms with Crippen LogP contribution in [0.3, 0.4) is 0 Å². The largest absolute Gasteiger partial charge is 0.309 e. The molecule has 0 aliphatic heterocycles. The van der Waals surface area contributed by atoms with Gasteiger partial charge >= 0.3 is 0 Å². The number of hydrogen-bond acceptors (Lipinski definition) is 1. The molecule has 110 valence electrons. The minimum atomic E-state index is 0.418. The average Bonchev–Trinajstić information content (AvgIpc) is 3.21. The van der Waals surface area contributed by atoms with Crippen molar-refractivity contribution in [3.63, 3.8) is 0 Å². The summed E-state index contributed by atoms with van der Waals surface area (Å²) in [5, 5.41) is 3.74. The third-order valence-corrected chi connectivity index (χ3v) is 5.02. The Morgan fingerprint density at radius 1 is 1.43 bits per heavy atom. The topological polar surface area (TPSA) is 12.0 Å². The summed E-state index contributed by atoms with van der Waals surface area (Å²) in [7, 11) is 0. The van der Waals surface area contributed by atoms with Crippen LogP contribution in [-0.4, -0.2) is 12.6 Å². The third kappa shape index (κ3) is 2.75. The summed E-state index contributed by atoms with van der Waals surface area (Å²) in [6.45, 7) is 6.87. The molecule has 1 aromatic carbocycles.